The van der Waals surface area contributed by atoms with Crippen molar-refractivity contribution in [1.29, 1.82) is 0 Å². The van der Waals surface area contributed by atoms with Gasteiger partial charge in [-0.25, -0.2) is 13.1 Å². The highest BCUT2D eigenvalue weighted by Gasteiger charge is 2.18. The number of hydrogen-bond acceptors (Lipinski definition) is 3. The fourth-order valence-corrected chi connectivity index (χ4v) is 2.99. The van der Waals surface area contributed by atoms with Crippen LogP contribution in [0.1, 0.15) is 33.1 Å². The third-order valence-electron chi connectivity index (χ3n) is 2.61. The first kappa shape index (κ1) is 12.9. The van der Waals surface area contributed by atoms with Crippen molar-refractivity contribution in [3.05, 3.63) is 0 Å². The van der Waals surface area contributed by atoms with E-state index in [0.29, 0.717) is 18.5 Å². The summed E-state index contributed by atoms with van der Waals surface area (Å²) in [6, 6.07) is 0.403. The molecule has 0 aromatic heterocycles. The van der Waals surface area contributed by atoms with E-state index in [1.165, 1.54) is 6.42 Å². The van der Waals surface area contributed by atoms with Crippen LogP contribution >= 0.6 is 0 Å². The van der Waals surface area contributed by atoms with E-state index in [1.807, 2.05) is 13.8 Å². The molecule has 1 fully saturated rings. The summed E-state index contributed by atoms with van der Waals surface area (Å²) < 4.78 is 25.7. The van der Waals surface area contributed by atoms with Crippen LogP contribution in [0.15, 0.2) is 0 Å². The van der Waals surface area contributed by atoms with E-state index < -0.39 is 10.0 Å². The molecule has 0 aromatic rings. The van der Waals surface area contributed by atoms with Gasteiger partial charge in [0, 0.05) is 12.6 Å². The second-order valence-electron chi connectivity index (χ2n) is 4.64. The summed E-state index contributed by atoms with van der Waals surface area (Å²) in [5, 5.41) is 3.30. The van der Waals surface area contributed by atoms with Crippen LogP contribution in [0.3, 0.4) is 0 Å². The van der Waals surface area contributed by atoms with Gasteiger partial charge in [0.1, 0.15) is 0 Å². The van der Waals surface area contributed by atoms with Crippen LogP contribution < -0.4 is 10.0 Å². The monoisotopic (exact) mass is 234 g/mol. The van der Waals surface area contributed by atoms with Crippen molar-refractivity contribution in [2.75, 3.05) is 18.8 Å². The van der Waals surface area contributed by atoms with Crippen LogP contribution in [0.2, 0.25) is 0 Å². The van der Waals surface area contributed by atoms with Gasteiger partial charge in [0.25, 0.3) is 0 Å². The van der Waals surface area contributed by atoms with E-state index in [2.05, 4.69) is 10.0 Å². The van der Waals surface area contributed by atoms with Gasteiger partial charge in [-0.1, -0.05) is 13.8 Å². The van der Waals surface area contributed by atoms with Gasteiger partial charge < -0.3 is 5.32 Å². The predicted molar refractivity (Wildman–Crippen MR) is 62.3 cm³/mol. The van der Waals surface area contributed by atoms with Crippen molar-refractivity contribution in [2.24, 2.45) is 5.92 Å². The molecule has 5 heteroatoms. The standard InChI is InChI=1S/C10H22N2O2S/c1-9(2)8-12-15(13,14)7-5-10-4-3-6-11-10/h9-12H,3-8H2,1-2H3. The van der Waals surface area contributed by atoms with E-state index in [4.69, 9.17) is 0 Å². The minimum absolute atomic E-state index is 0.247. The first-order chi connectivity index (χ1) is 6.99. The van der Waals surface area contributed by atoms with Crippen molar-refractivity contribution in [3.8, 4) is 0 Å². The fraction of sp³-hybridized carbons (Fsp3) is 1.00. The van der Waals surface area contributed by atoms with Gasteiger partial charge in [-0.15, -0.1) is 0 Å². The smallest absolute Gasteiger partial charge is 0.211 e. The van der Waals surface area contributed by atoms with Crippen LogP contribution in [0.25, 0.3) is 0 Å². The predicted octanol–water partition coefficient (Wildman–Crippen LogP) is 0.704. The van der Waals surface area contributed by atoms with Crippen LogP contribution in [-0.4, -0.2) is 33.3 Å². The summed E-state index contributed by atoms with van der Waals surface area (Å²) in [5.41, 5.74) is 0. The van der Waals surface area contributed by atoms with Gasteiger partial charge in [-0.3, -0.25) is 0 Å². The molecular weight excluding hydrogens is 212 g/mol. The normalized spacial score (nSPS) is 22.5. The maximum atomic E-state index is 11.6. The topological polar surface area (TPSA) is 58.2 Å². The minimum atomic E-state index is -3.05. The molecule has 90 valence electrons. The fourth-order valence-electron chi connectivity index (χ4n) is 1.67. The van der Waals surface area contributed by atoms with Crippen molar-refractivity contribution in [1.82, 2.24) is 10.0 Å². The molecule has 4 nitrogen and oxygen atoms in total. The second kappa shape index (κ2) is 5.82. The Morgan fingerprint density at radius 3 is 2.73 bits per heavy atom. The van der Waals surface area contributed by atoms with Crippen molar-refractivity contribution >= 4 is 10.0 Å². The summed E-state index contributed by atoms with van der Waals surface area (Å²) >= 11 is 0. The second-order valence-corrected chi connectivity index (χ2v) is 6.57. The van der Waals surface area contributed by atoms with Crippen molar-refractivity contribution in [3.63, 3.8) is 0 Å². The summed E-state index contributed by atoms with van der Waals surface area (Å²) in [4.78, 5) is 0. The SMILES string of the molecule is CC(C)CNS(=O)(=O)CCC1CCCN1. The van der Waals surface area contributed by atoms with E-state index >= 15 is 0 Å². The van der Waals surface area contributed by atoms with Crippen LogP contribution in [0, 0.1) is 5.92 Å². The number of rotatable bonds is 6. The highest BCUT2D eigenvalue weighted by atomic mass is 32.2. The molecule has 1 atom stereocenters. The quantitative estimate of drug-likeness (QED) is 0.711. The largest absolute Gasteiger partial charge is 0.314 e. The molecule has 1 unspecified atom stereocenters. The van der Waals surface area contributed by atoms with Gasteiger partial charge in [0.15, 0.2) is 0 Å². The van der Waals surface area contributed by atoms with E-state index in [0.717, 1.165) is 19.4 Å². The van der Waals surface area contributed by atoms with Gasteiger partial charge in [-0.05, 0) is 31.7 Å². The molecule has 15 heavy (non-hydrogen) atoms. The Hall–Kier alpha value is -0.130. The summed E-state index contributed by atoms with van der Waals surface area (Å²) in [6.45, 7) is 5.58. The third-order valence-corrected chi connectivity index (χ3v) is 3.99. The van der Waals surface area contributed by atoms with E-state index in [9.17, 15) is 8.42 Å². The van der Waals surface area contributed by atoms with Gasteiger partial charge in [-0.2, -0.15) is 0 Å². The lowest BCUT2D eigenvalue weighted by Crippen LogP contribution is -2.32. The van der Waals surface area contributed by atoms with Gasteiger partial charge in [0.05, 0.1) is 5.75 Å². The maximum absolute atomic E-state index is 11.6. The zero-order valence-corrected chi connectivity index (χ0v) is 10.4. The van der Waals surface area contributed by atoms with Gasteiger partial charge in [0.2, 0.25) is 10.0 Å². The van der Waals surface area contributed by atoms with Gasteiger partial charge >= 0.3 is 0 Å². The molecule has 0 aromatic carbocycles. The highest BCUT2D eigenvalue weighted by molar-refractivity contribution is 7.89. The number of sulfonamides is 1. The molecule has 1 aliphatic heterocycles. The zero-order chi connectivity index (χ0) is 11.3. The average molecular weight is 234 g/mol. The lowest BCUT2D eigenvalue weighted by Gasteiger charge is -2.12. The summed E-state index contributed by atoms with van der Waals surface area (Å²) in [7, 11) is -3.05. The Balaban J connectivity index is 2.23. The summed E-state index contributed by atoms with van der Waals surface area (Å²) in [6.07, 6.45) is 3.01. The van der Waals surface area contributed by atoms with E-state index in [1.54, 1.807) is 0 Å². The Labute approximate surface area is 92.9 Å². The van der Waals surface area contributed by atoms with Crippen LogP contribution in [0.5, 0.6) is 0 Å². The lowest BCUT2D eigenvalue weighted by molar-refractivity contribution is 0.541. The molecule has 1 saturated heterocycles. The van der Waals surface area contributed by atoms with Crippen LogP contribution in [0.4, 0.5) is 0 Å². The molecule has 0 aliphatic carbocycles. The highest BCUT2D eigenvalue weighted by Crippen LogP contribution is 2.09. The van der Waals surface area contributed by atoms with Crippen molar-refractivity contribution in [2.45, 2.75) is 39.2 Å². The molecule has 1 aliphatic rings. The van der Waals surface area contributed by atoms with E-state index in [-0.39, 0.29) is 5.75 Å². The van der Waals surface area contributed by atoms with Crippen LogP contribution in [-0.2, 0) is 10.0 Å². The molecule has 2 N–H and O–H groups in total. The Morgan fingerprint density at radius 2 is 2.20 bits per heavy atom. The molecule has 0 spiro atoms. The zero-order valence-electron chi connectivity index (χ0n) is 9.62. The third kappa shape index (κ3) is 5.49. The first-order valence-electron chi connectivity index (χ1n) is 5.70. The van der Waals surface area contributed by atoms with Crippen molar-refractivity contribution < 1.29 is 8.42 Å². The lowest BCUT2D eigenvalue weighted by atomic mass is 10.2. The molecule has 0 radical (unpaired) electrons. The Morgan fingerprint density at radius 1 is 1.47 bits per heavy atom. The maximum Gasteiger partial charge on any atom is 0.211 e. The molecule has 1 heterocycles. The minimum Gasteiger partial charge on any atom is -0.314 e. The number of nitrogens with one attached hydrogen (secondary N) is 2. The number of hydrogen-bond donors (Lipinski definition) is 2. The Bertz CT molecular complexity index is 269. The molecule has 1 rings (SSSR count). The first-order valence-corrected chi connectivity index (χ1v) is 7.35. The summed E-state index contributed by atoms with van der Waals surface area (Å²) in [5.74, 6) is 0.613. The molecule has 0 amide bonds. The Kier molecular flexibility index (Phi) is 5.02. The average Bonchev–Trinajstić information content (AvgIpc) is 2.65. The molecule has 0 bridgehead atoms. The molecule has 0 saturated carbocycles. The molecular formula is C10H22N2O2S.